The highest BCUT2D eigenvalue weighted by Gasteiger charge is 2.12. The van der Waals surface area contributed by atoms with Crippen LogP contribution in [0.25, 0.3) is 10.9 Å². The van der Waals surface area contributed by atoms with Crippen molar-refractivity contribution in [1.29, 1.82) is 0 Å². The third-order valence-electron chi connectivity index (χ3n) is 2.26. The average molecular weight is 266 g/mol. The molecule has 1 aromatic heterocycles. The number of carbonyl (C=O) groups excluding carboxylic acids is 2. The Kier molecular flexibility index (Phi) is 2.44. The molecule has 0 amide bonds. The zero-order valence-corrected chi connectivity index (χ0v) is 9.59. The lowest BCUT2D eigenvalue weighted by atomic mass is 10.1. The van der Waals surface area contributed by atoms with Gasteiger partial charge in [0.05, 0.1) is 11.1 Å². The van der Waals surface area contributed by atoms with Gasteiger partial charge in [0.1, 0.15) is 0 Å². The van der Waals surface area contributed by atoms with Crippen LogP contribution in [0, 0.1) is 6.92 Å². The molecule has 76 valence electrons. The number of carbonyl (C=O) groups is 2. The van der Waals surface area contributed by atoms with Crippen LogP contribution in [0.2, 0.25) is 0 Å². The number of aryl methyl sites for hydroxylation is 1. The Morgan fingerprint density at radius 1 is 1.47 bits per heavy atom. The van der Waals surface area contributed by atoms with Gasteiger partial charge >= 0.3 is 0 Å². The van der Waals surface area contributed by atoms with E-state index in [0.29, 0.717) is 11.8 Å². The molecule has 1 heterocycles. The highest BCUT2D eigenvalue weighted by molar-refractivity contribution is 9.10. The van der Waals surface area contributed by atoms with E-state index in [1.54, 1.807) is 6.20 Å². The summed E-state index contributed by atoms with van der Waals surface area (Å²) in [5, 5.41) is 0.777. The number of aromatic amines is 1. The molecule has 0 aliphatic rings. The van der Waals surface area contributed by atoms with Crippen molar-refractivity contribution < 1.29 is 9.59 Å². The first-order valence-corrected chi connectivity index (χ1v) is 5.19. The van der Waals surface area contributed by atoms with Crippen LogP contribution in [0.1, 0.15) is 15.9 Å². The minimum atomic E-state index is -0.501. The number of benzene rings is 1. The molecule has 0 radical (unpaired) electrons. The molecule has 0 aliphatic carbocycles. The molecule has 0 bridgehead atoms. The lowest BCUT2D eigenvalue weighted by Gasteiger charge is -1.98. The summed E-state index contributed by atoms with van der Waals surface area (Å²) >= 11 is 3.40. The second-order valence-electron chi connectivity index (χ2n) is 3.35. The molecule has 2 rings (SSSR count). The molecule has 0 saturated carbocycles. The second-order valence-corrected chi connectivity index (χ2v) is 4.21. The van der Waals surface area contributed by atoms with Gasteiger partial charge in [0.25, 0.3) is 0 Å². The zero-order chi connectivity index (χ0) is 11.0. The molecule has 0 aliphatic heterocycles. The summed E-state index contributed by atoms with van der Waals surface area (Å²) in [4.78, 5) is 24.7. The largest absolute Gasteiger partial charge is 0.360 e. The molecule has 0 spiro atoms. The lowest BCUT2D eigenvalue weighted by molar-refractivity contribution is -0.104. The Morgan fingerprint density at radius 2 is 2.20 bits per heavy atom. The van der Waals surface area contributed by atoms with Crippen LogP contribution < -0.4 is 0 Å². The summed E-state index contributed by atoms with van der Waals surface area (Å²) in [5.41, 5.74) is 2.30. The van der Waals surface area contributed by atoms with Crippen molar-refractivity contribution in [2.75, 3.05) is 0 Å². The topological polar surface area (TPSA) is 49.9 Å². The molecule has 2 aromatic rings. The molecule has 1 aromatic carbocycles. The smallest absolute Gasteiger partial charge is 0.227 e. The highest BCUT2D eigenvalue weighted by Crippen LogP contribution is 2.27. The van der Waals surface area contributed by atoms with Gasteiger partial charge in [-0.05, 0) is 40.5 Å². The van der Waals surface area contributed by atoms with Gasteiger partial charge in [-0.15, -0.1) is 0 Å². The third-order valence-corrected chi connectivity index (χ3v) is 2.88. The van der Waals surface area contributed by atoms with Crippen LogP contribution >= 0.6 is 15.9 Å². The van der Waals surface area contributed by atoms with Gasteiger partial charge in [-0.2, -0.15) is 0 Å². The highest BCUT2D eigenvalue weighted by atomic mass is 79.9. The number of rotatable bonds is 2. The van der Waals surface area contributed by atoms with Crippen LogP contribution in [0.4, 0.5) is 0 Å². The standard InChI is InChI=1S/C11H8BrNO2/c1-6-2-7-8(10(15)5-14)4-13-11(7)9(12)3-6/h2-5,13H,1H3. The first-order chi connectivity index (χ1) is 7.13. The summed E-state index contributed by atoms with van der Waals surface area (Å²) in [5.74, 6) is -0.501. The average Bonchev–Trinajstić information content (AvgIpc) is 2.60. The van der Waals surface area contributed by atoms with E-state index in [-0.39, 0.29) is 0 Å². The van der Waals surface area contributed by atoms with Gasteiger partial charge in [0, 0.05) is 16.1 Å². The van der Waals surface area contributed by atoms with Crippen LogP contribution in [-0.2, 0) is 4.79 Å². The van der Waals surface area contributed by atoms with Crippen LogP contribution in [0.5, 0.6) is 0 Å². The van der Waals surface area contributed by atoms with Crippen LogP contribution in [0.3, 0.4) is 0 Å². The minimum Gasteiger partial charge on any atom is -0.360 e. The predicted octanol–water partition coefficient (Wildman–Crippen LogP) is 2.62. The quantitative estimate of drug-likeness (QED) is 0.516. The molecule has 4 heteroatoms. The SMILES string of the molecule is Cc1cc(Br)c2[nH]cc(C(=O)C=O)c2c1. The Labute approximate surface area is 94.6 Å². The molecule has 0 fully saturated rings. The van der Waals surface area contributed by atoms with Crippen molar-refractivity contribution in [2.24, 2.45) is 0 Å². The fourth-order valence-corrected chi connectivity index (χ4v) is 2.28. The number of fused-ring (bicyclic) bond motifs is 1. The number of Topliss-reactive ketones (excluding diaryl/α,β-unsaturated/α-hetero) is 1. The molecular weight excluding hydrogens is 258 g/mol. The maximum absolute atomic E-state index is 11.3. The van der Waals surface area contributed by atoms with Crippen molar-refractivity contribution >= 4 is 38.9 Å². The van der Waals surface area contributed by atoms with Crippen molar-refractivity contribution in [3.8, 4) is 0 Å². The molecule has 0 saturated heterocycles. The fourth-order valence-electron chi connectivity index (χ4n) is 1.59. The van der Waals surface area contributed by atoms with E-state index in [1.807, 2.05) is 19.1 Å². The van der Waals surface area contributed by atoms with Gasteiger partial charge in [-0.3, -0.25) is 9.59 Å². The first-order valence-electron chi connectivity index (χ1n) is 4.40. The van der Waals surface area contributed by atoms with E-state index in [1.165, 1.54) is 0 Å². The van der Waals surface area contributed by atoms with Crippen molar-refractivity contribution in [2.45, 2.75) is 6.92 Å². The third kappa shape index (κ3) is 1.61. The number of halogens is 1. The number of hydrogen-bond acceptors (Lipinski definition) is 2. The van der Waals surface area contributed by atoms with Crippen LogP contribution in [0.15, 0.2) is 22.8 Å². The van der Waals surface area contributed by atoms with E-state index in [2.05, 4.69) is 20.9 Å². The monoisotopic (exact) mass is 265 g/mol. The van der Waals surface area contributed by atoms with Gasteiger partial charge in [-0.25, -0.2) is 0 Å². The number of ketones is 1. The predicted molar refractivity (Wildman–Crippen MR) is 61.1 cm³/mol. The Balaban J connectivity index is 2.79. The summed E-state index contributed by atoms with van der Waals surface area (Å²) in [7, 11) is 0. The molecule has 1 N–H and O–H groups in total. The molecular formula is C11H8BrNO2. The minimum absolute atomic E-state index is 0.332. The lowest BCUT2D eigenvalue weighted by Crippen LogP contribution is -1.97. The molecule has 0 atom stereocenters. The number of hydrogen-bond donors (Lipinski definition) is 1. The van der Waals surface area contributed by atoms with E-state index in [4.69, 9.17) is 0 Å². The van der Waals surface area contributed by atoms with E-state index in [9.17, 15) is 9.59 Å². The van der Waals surface area contributed by atoms with E-state index in [0.717, 1.165) is 20.9 Å². The second kappa shape index (κ2) is 3.62. The van der Waals surface area contributed by atoms with E-state index < -0.39 is 5.78 Å². The maximum Gasteiger partial charge on any atom is 0.227 e. The van der Waals surface area contributed by atoms with Crippen molar-refractivity contribution in [3.05, 3.63) is 33.9 Å². The fraction of sp³-hybridized carbons (Fsp3) is 0.0909. The summed E-state index contributed by atoms with van der Waals surface area (Å²) in [6.07, 6.45) is 1.89. The van der Waals surface area contributed by atoms with Gasteiger partial charge in [-0.1, -0.05) is 0 Å². The summed E-state index contributed by atoms with van der Waals surface area (Å²) < 4.78 is 0.891. The Bertz CT molecular complexity index is 557. The summed E-state index contributed by atoms with van der Waals surface area (Å²) in [6, 6.07) is 3.83. The van der Waals surface area contributed by atoms with Crippen molar-refractivity contribution in [1.82, 2.24) is 4.98 Å². The maximum atomic E-state index is 11.3. The number of aldehydes is 1. The number of H-pyrrole nitrogens is 1. The van der Waals surface area contributed by atoms with Crippen molar-refractivity contribution in [3.63, 3.8) is 0 Å². The molecule has 3 nitrogen and oxygen atoms in total. The number of nitrogens with one attached hydrogen (secondary N) is 1. The Hall–Kier alpha value is -1.42. The molecule has 15 heavy (non-hydrogen) atoms. The van der Waals surface area contributed by atoms with Crippen LogP contribution in [-0.4, -0.2) is 17.1 Å². The number of aromatic nitrogens is 1. The summed E-state index contributed by atoms with van der Waals surface area (Å²) in [6.45, 7) is 1.94. The first kappa shape index (κ1) is 10.1. The molecule has 0 unspecified atom stereocenters. The normalized spacial score (nSPS) is 10.5. The zero-order valence-electron chi connectivity index (χ0n) is 8.00. The van der Waals surface area contributed by atoms with Gasteiger partial charge < -0.3 is 4.98 Å². The van der Waals surface area contributed by atoms with Gasteiger partial charge in [0.15, 0.2) is 6.29 Å². The van der Waals surface area contributed by atoms with Gasteiger partial charge in [0.2, 0.25) is 5.78 Å². The van der Waals surface area contributed by atoms with E-state index >= 15 is 0 Å². The Morgan fingerprint density at radius 3 is 2.87 bits per heavy atom.